The number of nitrogens with one attached hydrogen (secondary N) is 1. The van der Waals surface area contributed by atoms with Crippen molar-refractivity contribution in [2.45, 2.75) is 32.4 Å². The zero-order valence-electron chi connectivity index (χ0n) is 12.2. The summed E-state index contributed by atoms with van der Waals surface area (Å²) in [6.07, 6.45) is 0.313. The van der Waals surface area contributed by atoms with Gasteiger partial charge in [0.15, 0.2) is 0 Å². The van der Waals surface area contributed by atoms with Crippen LogP contribution in [0.3, 0.4) is 0 Å². The zero-order valence-corrected chi connectivity index (χ0v) is 12.2. The Hall–Kier alpha value is -1.83. The highest BCUT2D eigenvalue weighted by Gasteiger charge is 2.20. The molecule has 1 amide bonds. The van der Waals surface area contributed by atoms with E-state index in [1.807, 2.05) is 38.1 Å². The lowest BCUT2D eigenvalue weighted by Gasteiger charge is -2.21. The molecule has 0 unspecified atom stereocenters. The summed E-state index contributed by atoms with van der Waals surface area (Å²) >= 11 is 0. The van der Waals surface area contributed by atoms with Gasteiger partial charge in [0.05, 0.1) is 12.0 Å². The van der Waals surface area contributed by atoms with Gasteiger partial charge in [-0.25, -0.2) is 0 Å². The molecule has 4 nitrogen and oxygen atoms in total. The topological polar surface area (TPSA) is 58.6 Å². The Bertz CT molecular complexity index is 512. The van der Waals surface area contributed by atoms with Crippen molar-refractivity contribution in [2.24, 2.45) is 0 Å². The summed E-state index contributed by atoms with van der Waals surface area (Å²) in [7, 11) is 1.59. The molecule has 20 heavy (non-hydrogen) atoms. The van der Waals surface area contributed by atoms with E-state index in [4.69, 9.17) is 9.84 Å². The summed E-state index contributed by atoms with van der Waals surface area (Å²) in [5, 5.41) is 11.5. The number of ether oxygens (including phenoxy) is 1. The first-order chi connectivity index (χ1) is 9.46. The molecule has 0 aliphatic carbocycles. The Morgan fingerprint density at radius 2 is 2.20 bits per heavy atom. The number of hydrogen-bond donors (Lipinski definition) is 2. The van der Waals surface area contributed by atoms with Gasteiger partial charge in [0.25, 0.3) is 0 Å². The van der Waals surface area contributed by atoms with Gasteiger partial charge in [-0.1, -0.05) is 24.0 Å². The molecule has 2 N–H and O–H groups in total. The summed E-state index contributed by atoms with van der Waals surface area (Å²) < 4.78 is 5.22. The molecule has 4 heteroatoms. The number of carbonyl (C=O) groups excluding carboxylic acids is 1. The Morgan fingerprint density at radius 1 is 1.45 bits per heavy atom. The van der Waals surface area contributed by atoms with E-state index in [1.54, 1.807) is 7.11 Å². The van der Waals surface area contributed by atoms with Crippen molar-refractivity contribution >= 4 is 5.91 Å². The third-order valence-electron chi connectivity index (χ3n) is 2.87. The molecule has 0 spiro atoms. The number of amides is 1. The minimum atomic E-state index is -0.460. The molecule has 0 bridgehead atoms. The lowest BCUT2D eigenvalue weighted by molar-refractivity contribution is -0.126. The second-order valence-corrected chi connectivity index (χ2v) is 5.08. The Balaban J connectivity index is 2.55. The summed E-state index contributed by atoms with van der Waals surface area (Å²) in [5.41, 5.74) is 1.33. The first kappa shape index (κ1) is 16.2. The number of aliphatic hydroxyl groups is 1. The predicted molar refractivity (Wildman–Crippen MR) is 78.0 cm³/mol. The van der Waals surface area contributed by atoms with Gasteiger partial charge in [-0.3, -0.25) is 4.79 Å². The molecule has 1 rings (SSSR count). The lowest BCUT2D eigenvalue weighted by Crippen LogP contribution is -2.33. The fourth-order valence-corrected chi connectivity index (χ4v) is 1.62. The molecule has 108 valence electrons. The molecule has 1 aromatic carbocycles. The van der Waals surface area contributed by atoms with Crippen molar-refractivity contribution in [2.75, 3.05) is 13.7 Å². The van der Waals surface area contributed by atoms with E-state index in [0.29, 0.717) is 13.0 Å². The van der Waals surface area contributed by atoms with E-state index in [1.165, 1.54) is 0 Å². The van der Waals surface area contributed by atoms with Crippen molar-refractivity contribution in [3.8, 4) is 11.8 Å². The maximum Gasteiger partial charge on any atom is 0.223 e. The van der Waals surface area contributed by atoms with Crippen LogP contribution in [0.2, 0.25) is 0 Å². The smallest absolute Gasteiger partial charge is 0.223 e. The van der Waals surface area contributed by atoms with Crippen LogP contribution >= 0.6 is 0 Å². The first-order valence-electron chi connectivity index (χ1n) is 6.47. The summed E-state index contributed by atoms with van der Waals surface area (Å²) in [6.45, 7) is 4.04. The van der Waals surface area contributed by atoms with E-state index in [2.05, 4.69) is 17.2 Å². The van der Waals surface area contributed by atoms with Gasteiger partial charge >= 0.3 is 0 Å². The number of aliphatic hydroxyl groups excluding tert-OH is 1. The van der Waals surface area contributed by atoms with Crippen molar-refractivity contribution in [1.29, 1.82) is 0 Å². The van der Waals surface area contributed by atoms with Crippen LogP contribution in [0.1, 0.15) is 31.4 Å². The molecular weight excluding hydrogens is 254 g/mol. The Morgan fingerprint density at radius 3 is 2.85 bits per heavy atom. The number of rotatable bonds is 5. The number of methoxy groups -OCH3 is 1. The monoisotopic (exact) mass is 275 g/mol. The van der Waals surface area contributed by atoms with Crippen LogP contribution in [0.4, 0.5) is 0 Å². The molecule has 0 heterocycles. The predicted octanol–water partition coefficient (Wildman–Crippen LogP) is 1.46. The SMILES string of the molecule is COC(C)(C)CC(=O)NCc1cccc(C#CCO)c1. The quantitative estimate of drug-likeness (QED) is 0.800. The molecule has 0 aliphatic rings. The average molecular weight is 275 g/mol. The summed E-state index contributed by atoms with van der Waals surface area (Å²) in [5.74, 6) is 5.38. The Kier molecular flexibility index (Phi) is 6.23. The largest absolute Gasteiger partial charge is 0.384 e. The average Bonchev–Trinajstić information content (AvgIpc) is 2.43. The fraction of sp³-hybridized carbons (Fsp3) is 0.438. The van der Waals surface area contributed by atoms with E-state index < -0.39 is 5.60 Å². The van der Waals surface area contributed by atoms with Gasteiger partial charge in [0.2, 0.25) is 5.91 Å². The van der Waals surface area contributed by atoms with Crippen molar-refractivity contribution in [1.82, 2.24) is 5.32 Å². The molecule has 0 atom stereocenters. The van der Waals surface area contributed by atoms with Crippen LogP contribution in [0.5, 0.6) is 0 Å². The van der Waals surface area contributed by atoms with Crippen LogP contribution in [0, 0.1) is 11.8 Å². The molecule has 0 fully saturated rings. The number of benzene rings is 1. The highest BCUT2D eigenvalue weighted by atomic mass is 16.5. The summed E-state index contributed by atoms with van der Waals surface area (Å²) in [4.78, 5) is 11.8. The van der Waals surface area contributed by atoms with Gasteiger partial charge in [0.1, 0.15) is 6.61 Å². The van der Waals surface area contributed by atoms with E-state index in [-0.39, 0.29) is 12.5 Å². The highest BCUT2D eigenvalue weighted by Crippen LogP contribution is 2.12. The lowest BCUT2D eigenvalue weighted by atomic mass is 10.0. The van der Waals surface area contributed by atoms with Gasteiger partial charge in [-0.15, -0.1) is 0 Å². The van der Waals surface area contributed by atoms with Crippen LogP contribution in [0.15, 0.2) is 24.3 Å². The second-order valence-electron chi connectivity index (χ2n) is 5.08. The van der Waals surface area contributed by atoms with Gasteiger partial charge in [-0.2, -0.15) is 0 Å². The van der Waals surface area contributed by atoms with Crippen LogP contribution in [-0.2, 0) is 16.1 Å². The van der Waals surface area contributed by atoms with E-state index >= 15 is 0 Å². The van der Waals surface area contributed by atoms with E-state index in [0.717, 1.165) is 11.1 Å². The number of hydrogen-bond acceptors (Lipinski definition) is 3. The normalized spacial score (nSPS) is 10.6. The molecule has 1 aromatic rings. The van der Waals surface area contributed by atoms with Crippen molar-refractivity contribution in [3.63, 3.8) is 0 Å². The maximum absolute atomic E-state index is 11.8. The summed E-state index contributed by atoms with van der Waals surface area (Å²) in [6, 6.07) is 7.56. The van der Waals surface area contributed by atoms with Crippen molar-refractivity contribution in [3.05, 3.63) is 35.4 Å². The molecule has 0 aliphatic heterocycles. The van der Waals surface area contributed by atoms with Gasteiger partial charge < -0.3 is 15.2 Å². The van der Waals surface area contributed by atoms with Gasteiger partial charge in [-0.05, 0) is 31.5 Å². The molecule has 0 saturated heterocycles. The third-order valence-corrected chi connectivity index (χ3v) is 2.87. The zero-order chi connectivity index (χ0) is 15.0. The standard InChI is InChI=1S/C16H21NO3/c1-16(2,20-3)11-15(19)17-12-14-7-4-6-13(10-14)8-5-9-18/h4,6-7,10,18H,9,11-12H2,1-3H3,(H,17,19). The minimum Gasteiger partial charge on any atom is -0.384 e. The van der Waals surface area contributed by atoms with Crippen molar-refractivity contribution < 1.29 is 14.6 Å². The molecule has 0 saturated carbocycles. The van der Waals surface area contributed by atoms with Gasteiger partial charge in [0, 0.05) is 19.2 Å². The Labute approximate surface area is 120 Å². The maximum atomic E-state index is 11.8. The van der Waals surface area contributed by atoms with Crippen LogP contribution in [-0.4, -0.2) is 30.3 Å². The molecule has 0 radical (unpaired) electrons. The minimum absolute atomic E-state index is 0.0521. The highest BCUT2D eigenvalue weighted by molar-refractivity contribution is 5.76. The van der Waals surface area contributed by atoms with Crippen LogP contribution in [0.25, 0.3) is 0 Å². The fourth-order valence-electron chi connectivity index (χ4n) is 1.62. The molecule has 0 aromatic heterocycles. The molecular formula is C16H21NO3. The van der Waals surface area contributed by atoms with Crippen LogP contribution < -0.4 is 5.32 Å². The second kappa shape index (κ2) is 7.68. The number of carbonyl (C=O) groups is 1. The van der Waals surface area contributed by atoms with E-state index in [9.17, 15) is 4.79 Å². The first-order valence-corrected chi connectivity index (χ1v) is 6.47. The third kappa shape index (κ3) is 5.87.